The molecule has 9 heteroatoms. The van der Waals surface area contributed by atoms with Crippen LogP contribution in [-0.2, 0) is 9.36 Å². The zero-order valence-electron chi connectivity index (χ0n) is 17.5. The van der Waals surface area contributed by atoms with Gasteiger partial charge in [0.05, 0.1) is 6.04 Å². The number of benzene rings is 1. The van der Waals surface area contributed by atoms with Gasteiger partial charge in [0.2, 0.25) is 5.91 Å². The third-order valence-corrected chi connectivity index (χ3v) is 5.73. The van der Waals surface area contributed by atoms with E-state index in [1.807, 2.05) is 30.3 Å². The van der Waals surface area contributed by atoms with Crippen LogP contribution >= 0.6 is 18.2 Å². The fourth-order valence-electron chi connectivity index (χ4n) is 2.23. The molecule has 0 fully saturated rings. The Morgan fingerprint density at radius 2 is 1.76 bits per heavy atom. The van der Waals surface area contributed by atoms with Gasteiger partial charge in [0.1, 0.15) is 0 Å². The van der Waals surface area contributed by atoms with Crippen molar-refractivity contribution >= 4 is 24.1 Å². The van der Waals surface area contributed by atoms with Crippen molar-refractivity contribution in [1.82, 2.24) is 5.32 Å². The monoisotopic (exact) mass is 407 g/mol. The van der Waals surface area contributed by atoms with Crippen molar-refractivity contribution in [3.8, 4) is 0 Å². The molecule has 0 radical (unpaired) electrons. The second kappa shape index (κ2) is 16.2. The van der Waals surface area contributed by atoms with E-state index in [2.05, 4.69) is 12.2 Å². The van der Waals surface area contributed by atoms with Crippen LogP contribution in [0, 0.1) is 0 Å². The fourth-order valence-corrected chi connectivity index (χ4v) is 3.88. The number of unbranched alkanes of at least 4 members (excludes halogenated alkanes) is 4. The van der Waals surface area contributed by atoms with Crippen LogP contribution < -0.4 is 64.4 Å². The first-order valence-electron chi connectivity index (χ1n) is 7.96. The molecule has 3 N–H and O–H groups in total. The molecule has 1 aromatic rings. The molecule has 134 valence electrons. The van der Waals surface area contributed by atoms with E-state index in [0.29, 0.717) is 17.8 Å². The van der Waals surface area contributed by atoms with Crippen molar-refractivity contribution in [3.05, 3.63) is 35.9 Å². The molecule has 0 saturated carbocycles. The Balaban J connectivity index is -0.000000661. The first-order valence-corrected chi connectivity index (χ1v) is 11.2. The number of hydrogen-bond donors (Lipinski definition) is 3. The SMILES string of the molecule is CCCCCCCC(=O)N[C@@H](CSP(=O)(O)O)c1ccccc1.[H-].[H-].[Na+].[Na+]. The van der Waals surface area contributed by atoms with Gasteiger partial charge in [-0.1, -0.05) is 62.9 Å². The van der Waals surface area contributed by atoms with Gasteiger partial charge in [-0.25, -0.2) is 4.57 Å². The van der Waals surface area contributed by atoms with E-state index in [1.165, 1.54) is 12.8 Å². The normalized spacial score (nSPS) is 11.8. The van der Waals surface area contributed by atoms with Gasteiger partial charge < -0.3 is 18.0 Å². The average molecular weight is 407 g/mol. The largest absolute Gasteiger partial charge is 1.00 e. The van der Waals surface area contributed by atoms with Gasteiger partial charge in [-0.3, -0.25) is 4.79 Å². The number of hydrogen-bond acceptors (Lipinski definition) is 3. The molecular formula is C16H28NNa2O4PS. The number of carbonyl (C=O) groups is 1. The van der Waals surface area contributed by atoms with E-state index in [0.717, 1.165) is 24.8 Å². The Kier molecular flexibility index (Phi) is 18.4. The number of amides is 1. The molecule has 0 aliphatic carbocycles. The first kappa shape index (κ1) is 28.4. The molecule has 0 bridgehead atoms. The number of carbonyl (C=O) groups excluding carboxylic acids is 1. The van der Waals surface area contributed by atoms with Crippen LogP contribution in [0.5, 0.6) is 0 Å². The van der Waals surface area contributed by atoms with Crippen molar-refractivity contribution in [3.63, 3.8) is 0 Å². The summed E-state index contributed by atoms with van der Waals surface area (Å²) in [5, 5.41) is 2.89. The Labute approximate surface area is 202 Å². The molecule has 0 aliphatic rings. The third-order valence-electron chi connectivity index (χ3n) is 3.45. The molecule has 25 heavy (non-hydrogen) atoms. The second-order valence-corrected chi connectivity index (χ2v) is 9.26. The van der Waals surface area contributed by atoms with Crippen LogP contribution in [0.25, 0.3) is 0 Å². The Hall–Kier alpha value is 1.19. The maximum Gasteiger partial charge on any atom is 1.00 e. The van der Waals surface area contributed by atoms with Crippen molar-refractivity contribution in [2.24, 2.45) is 0 Å². The summed E-state index contributed by atoms with van der Waals surface area (Å²) in [6.07, 6.45) is 5.83. The van der Waals surface area contributed by atoms with E-state index in [4.69, 9.17) is 9.79 Å². The molecular weight excluding hydrogens is 379 g/mol. The summed E-state index contributed by atoms with van der Waals surface area (Å²) < 4.78 is 11.1. The molecule has 0 saturated heterocycles. The summed E-state index contributed by atoms with van der Waals surface area (Å²) in [7, 11) is 0. The fraction of sp³-hybridized carbons (Fsp3) is 0.562. The van der Waals surface area contributed by atoms with Gasteiger partial charge in [0.15, 0.2) is 0 Å². The van der Waals surface area contributed by atoms with E-state index >= 15 is 0 Å². The van der Waals surface area contributed by atoms with Crippen LogP contribution in [0.4, 0.5) is 0 Å². The molecule has 0 heterocycles. The van der Waals surface area contributed by atoms with Gasteiger partial charge in [0, 0.05) is 12.2 Å². The second-order valence-electron chi connectivity index (χ2n) is 5.48. The van der Waals surface area contributed by atoms with E-state index in [9.17, 15) is 9.36 Å². The molecule has 0 aromatic heterocycles. The van der Waals surface area contributed by atoms with Crippen LogP contribution in [-0.4, -0.2) is 21.4 Å². The summed E-state index contributed by atoms with van der Waals surface area (Å²) in [5.41, 5.74) is 0.854. The maximum atomic E-state index is 12.1. The minimum absolute atomic E-state index is 0. The molecule has 1 rings (SSSR count). The van der Waals surface area contributed by atoms with Gasteiger partial charge in [-0.2, -0.15) is 0 Å². The topological polar surface area (TPSA) is 86.6 Å². The molecule has 5 nitrogen and oxygen atoms in total. The van der Waals surface area contributed by atoms with Crippen LogP contribution in [0.1, 0.15) is 59.9 Å². The van der Waals surface area contributed by atoms with Crippen molar-refractivity contribution in [2.45, 2.75) is 51.5 Å². The Morgan fingerprint density at radius 3 is 2.32 bits per heavy atom. The molecule has 1 aromatic carbocycles. The maximum absolute atomic E-state index is 12.1. The molecule has 1 atom stereocenters. The summed E-state index contributed by atoms with van der Waals surface area (Å²) in [5.74, 6) is 0.0808. The zero-order chi connectivity index (χ0) is 17.1. The molecule has 0 aliphatic heterocycles. The van der Waals surface area contributed by atoms with Gasteiger partial charge >= 0.3 is 65.9 Å². The Morgan fingerprint density at radius 1 is 1.16 bits per heavy atom. The quantitative estimate of drug-likeness (QED) is 0.231. The van der Waals surface area contributed by atoms with E-state index in [1.54, 1.807) is 0 Å². The molecule has 0 unspecified atom stereocenters. The predicted octanol–water partition coefficient (Wildman–Crippen LogP) is -1.74. The van der Waals surface area contributed by atoms with Crippen molar-refractivity contribution < 1.29 is 81.1 Å². The Bertz CT molecular complexity index is 526. The van der Waals surface area contributed by atoms with Crippen LogP contribution in [0.2, 0.25) is 0 Å². The predicted molar refractivity (Wildman–Crippen MR) is 97.4 cm³/mol. The van der Waals surface area contributed by atoms with Crippen molar-refractivity contribution in [2.75, 3.05) is 5.75 Å². The average Bonchev–Trinajstić information content (AvgIpc) is 2.51. The summed E-state index contributed by atoms with van der Waals surface area (Å²) in [6, 6.07) is 8.88. The van der Waals surface area contributed by atoms with Crippen LogP contribution in [0.3, 0.4) is 0 Å². The summed E-state index contributed by atoms with van der Waals surface area (Å²) in [4.78, 5) is 30.1. The molecule has 1 amide bonds. The first-order chi connectivity index (χ1) is 10.9. The summed E-state index contributed by atoms with van der Waals surface area (Å²) in [6.45, 7) is -2.00. The van der Waals surface area contributed by atoms with E-state index in [-0.39, 0.29) is 73.6 Å². The van der Waals surface area contributed by atoms with Gasteiger partial charge in [-0.05, 0) is 23.4 Å². The minimum atomic E-state index is -4.15. The zero-order valence-corrected chi connectivity index (χ0v) is 21.2. The van der Waals surface area contributed by atoms with Crippen LogP contribution in [0.15, 0.2) is 30.3 Å². The van der Waals surface area contributed by atoms with Crippen molar-refractivity contribution in [1.29, 1.82) is 0 Å². The van der Waals surface area contributed by atoms with E-state index < -0.39 is 12.8 Å². The molecule has 0 spiro atoms. The van der Waals surface area contributed by atoms with Gasteiger partial charge in [0.25, 0.3) is 0 Å². The standard InChI is InChI=1S/C16H26NO4PS.2Na.2H/c1-2-3-4-5-9-12-16(18)17-15(13-23-22(19,20)21)14-10-7-6-8-11-14;;;;/h6-8,10-11,15H,2-5,9,12-13H2,1H3,(H,17,18)(H2,19,20,21);;;;/q;2*+1;2*-1/t15-;;;;/m0..../s1. The smallest absolute Gasteiger partial charge is 1.00 e. The summed E-state index contributed by atoms with van der Waals surface area (Å²) >= 11 is 0.565. The third kappa shape index (κ3) is 14.9. The number of nitrogens with one attached hydrogen (secondary N) is 1. The van der Waals surface area contributed by atoms with Gasteiger partial charge in [-0.15, -0.1) is 0 Å². The minimum Gasteiger partial charge on any atom is -1.00 e. The number of rotatable bonds is 11.